The van der Waals surface area contributed by atoms with Crippen LogP contribution >= 0.6 is 0 Å². The quantitative estimate of drug-likeness (QED) is 0.723. The minimum atomic E-state index is -0.944. The van der Waals surface area contributed by atoms with Crippen molar-refractivity contribution >= 4 is 11.9 Å². The van der Waals surface area contributed by atoms with Gasteiger partial charge in [-0.1, -0.05) is 13.3 Å². The summed E-state index contributed by atoms with van der Waals surface area (Å²) >= 11 is 0. The number of amides is 1. The molecule has 0 fully saturated rings. The number of hydrogen-bond acceptors (Lipinski definition) is 3. The first kappa shape index (κ1) is 17.0. The molecule has 116 valence electrons. The lowest BCUT2D eigenvalue weighted by Gasteiger charge is -2.24. The lowest BCUT2D eigenvalue weighted by Crippen LogP contribution is -2.44. The van der Waals surface area contributed by atoms with Crippen LogP contribution in [0.25, 0.3) is 0 Å². The highest BCUT2D eigenvalue weighted by Crippen LogP contribution is 2.15. The van der Waals surface area contributed by atoms with Gasteiger partial charge in [0.2, 0.25) is 0 Å². The van der Waals surface area contributed by atoms with Gasteiger partial charge in [0.15, 0.2) is 0 Å². The smallest absolute Gasteiger partial charge is 0.305 e. The van der Waals surface area contributed by atoms with E-state index >= 15 is 0 Å². The van der Waals surface area contributed by atoms with Crippen molar-refractivity contribution in [3.05, 3.63) is 29.8 Å². The molecule has 0 bridgehead atoms. The van der Waals surface area contributed by atoms with E-state index in [1.54, 1.807) is 38.1 Å². The maximum Gasteiger partial charge on any atom is 0.305 e. The number of rotatable bonds is 8. The van der Waals surface area contributed by atoms with Crippen LogP contribution in [-0.2, 0) is 4.79 Å². The second-order valence-corrected chi connectivity index (χ2v) is 5.63. The Morgan fingerprint density at radius 1 is 1.24 bits per heavy atom. The van der Waals surface area contributed by atoms with Crippen molar-refractivity contribution < 1.29 is 19.4 Å². The van der Waals surface area contributed by atoms with Crippen LogP contribution in [0.1, 0.15) is 50.4 Å². The average molecular weight is 293 g/mol. The van der Waals surface area contributed by atoms with Crippen molar-refractivity contribution in [1.82, 2.24) is 5.32 Å². The SMILES string of the molecule is CCCCOc1ccc(C(=O)NC(C)(C)CC(=O)O)cc1. The van der Waals surface area contributed by atoms with Gasteiger partial charge >= 0.3 is 5.97 Å². The molecular formula is C16H23NO4. The summed E-state index contributed by atoms with van der Waals surface area (Å²) in [5, 5.41) is 11.5. The number of hydrogen-bond donors (Lipinski definition) is 2. The fourth-order valence-electron chi connectivity index (χ4n) is 1.84. The molecule has 0 radical (unpaired) electrons. The summed E-state index contributed by atoms with van der Waals surface area (Å²) in [6.07, 6.45) is 1.93. The summed E-state index contributed by atoms with van der Waals surface area (Å²) in [7, 11) is 0. The van der Waals surface area contributed by atoms with Crippen molar-refractivity contribution in [2.45, 2.75) is 45.6 Å². The third-order valence-electron chi connectivity index (χ3n) is 2.93. The molecule has 0 atom stereocenters. The van der Waals surface area contributed by atoms with Gasteiger partial charge in [-0.05, 0) is 44.5 Å². The van der Waals surface area contributed by atoms with Crippen molar-refractivity contribution in [3.63, 3.8) is 0 Å². The summed E-state index contributed by atoms with van der Waals surface area (Å²) in [5.41, 5.74) is -0.310. The Bertz CT molecular complexity index is 480. The standard InChI is InChI=1S/C16H23NO4/c1-4-5-10-21-13-8-6-12(7-9-13)15(20)17-16(2,3)11-14(18)19/h6-9H,4-5,10-11H2,1-3H3,(H,17,20)(H,18,19). The van der Waals surface area contributed by atoms with Crippen molar-refractivity contribution in [3.8, 4) is 5.75 Å². The van der Waals surface area contributed by atoms with E-state index in [2.05, 4.69) is 12.2 Å². The first-order valence-corrected chi connectivity index (χ1v) is 7.11. The van der Waals surface area contributed by atoms with Gasteiger partial charge in [-0.2, -0.15) is 0 Å². The first-order chi connectivity index (χ1) is 9.84. The summed E-state index contributed by atoms with van der Waals surface area (Å²) in [5.74, 6) is -0.508. The number of carbonyl (C=O) groups is 2. The molecule has 0 unspecified atom stereocenters. The van der Waals surface area contributed by atoms with Crippen molar-refractivity contribution in [2.75, 3.05) is 6.61 Å². The van der Waals surface area contributed by atoms with Gasteiger partial charge in [-0.25, -0.2) is 0 Å². The lowest BCUT2D eigenvalue weighted by atomic mass is 10.00. The normalized spacial score (nSPS) is 11.0. The van der Waals surface area contributed by atoms with Gasteiger partial charge in [0.05, 0.1) is 13.0 Å². The van der Waals surface area contributed by atoms with E-state index in [-0.39, 0.29) is 12.3 Å². The van der Waals surface area contributed by atoms with Gasteiger partial charge in [0.1, 0.15) is 5.75 Å². The molecule has 0 saturated carbocycles. The second kappa shape index (κ2) is 7.67. The van der Waals surface area contributed by atoms with Gasteiger partial charge in [0, 0.05) is 11.1 Å². The second-order valence-electron chi connectivity index (χ2n) is 5.63. The molecule has 1 aromatic carbocycles. The zero-order valence-corrected chi connectivity index (χ0v) is 12.8. The monoisotopic (exact) mass is 293 g/mol. The van der Waals surface area contributed by atoms with Crippen LogP contribution in [0.15, 0.2) is 24.3 Å². The summed E-state index contributed by atoms with van der Waals surface area (Å²) in [4.78, 5) is 22.8. The molecule has 0 spiro atoms. The summed E-state index contributed by atoms with van der Waals surface area (Å²) in [6, 6.07) is 6.84. The Morgan fingerprint density at radius 2 is 1.86 bits per heavy atom. The number of unbranched alkanes of at least 4 members (excludes halogenated alkanes) is 1. The molecule has 0 heterocycles. The molecular weight excluding hydrogens is 270 g/mol. The highest BCUT2D eigenvalue weighted by Gasteiger charge is 2.24. The third kappa shape index (κ3) is 6.29. The number of carboxylic acids is 1. The minimum absolute atomic E-state index is 0.128. The van der Waals surface area contributed by atoms with Crippen LogP contribution in [0, 0.1) is 0 Å². The van der Waals surface area contributed by atoms with Crippen LogP contribution in [0.4, 0.5) is 0 Å². The van der Waals surface area contributed by atoms with E-state index in [9.17, 15) is 9.59 Å². The molecule has 0 saturated heterocycles. The minimum Gasteiger partial charge on any atom is -0.494 e. The molecule has 21 heavy (non-hydrogen) atoms. The predicted octanol–water partition coefficient (Wildman–Crippen LogP) is 2.85. The Labute approximate surface area is 125 Å². The van der Waals surface area contributed by atoms with Gasteiger partial charge in [-0.3, -0.25) is 9.59 Å². The summed E-state index contributed by atoms with van der Waals surface area (Å²) < 4.78 is 5.53. The predicted molar refractivity (Wildman–Crippen MR) is 80.6 cm³/mol. The van der Waals surface area contributed by atoms with E-state index < -0.39 is 11.5 Å². The molecule has 2 N–H and O–H groups in total. The molecule has 0 aromatic heterocycles. The van der Waals surface area contributed by atoms with E-state index in [1.807, 2.05) is 0 Å². The number of ether oxygens (including phenoxy) is 1. The highest BCUT2D eigenvalue weighted by molar-refractivity contribution is 5.95. The fraction of sp³-hybridized carbons (Fsp3) is 0.500. The fourth-order valence-corrected chi connectivity index (χ4v) is 1.84. The third-order valence-corrected chi connectivity index (χ3v) is 2.93. The van der Waals surface area contributed by atoms with E-state index in [1.165, 1.54) is 0 Å². The number of benzene rings is 1. The van der Waals surface area contributed by atoms with Crippen LogP contribution in [0.3, 0.4) is 0 Å². The molecule has 1 aromatic rings. The van der Waals surface area contributed by atoms with E-state index in [0.29, 0.717) is 12.2 Å². The molecule has 5 heteroatoms. The number of carboxylic acid groups (broad SMARTS) is 1. The Balaban J connectivity index is 2.60. The Kier molecular flexibility index (Phi) is 6.21. The van der Waals surface area contributed by atoms with E-state index in [4.69, 9.17) is 9.84 Å². The zero-order valence-electron chi connectivity index (χ0n) is 12.8. The molecule has 1 rings (SSSR count). The lowest BCUT2D eigenvalue weighted by molar-refractivity contribution is -0.138. The van der Waals surface area contributed by atoms with Gasteiger partial charge in [-0.15, -0.1) is 0 Å². The first-order valence-electron chi connectivity index (χ1n) is 7.11. The van der Waals surface area contributed by atoms with Gasteiger partial charge < -0.3 is 15.2 Å². The molecule has 5 nitrogen and oxygen atoms in total. The van der Waals surface area contributed by atoms with Crippen LogP contribution in [0.5, 0.6) is 5.75 Å². The largest absolute Gasteiger partial charge is 0.494 e. The molecule has 0 aliphatic carbocycles. The number of nitrogens with one attached hydrogen (secondary N) is 1. The number of carbonyl (C=O) groups excluding carboxylic acids is 1. The van der Waals surface area contributed by atoms with Crippen molar-refractivity contribution in [1.29, 1.82) is 0 Å². The summed E-state index contributed by atoms with van der Waals surface area (Å²) in [6.45, 7) is 6.12. The van der Waals surface area contributed by atoms with Gasteiger partial charge in [0.25, 0.3) is 5.91 Å². The maximum absolute atomic E-state index is 12.1. The highest BCUT2D eigenvalue weighted by atomic mass is 16.5. The molecule has 0 aliphatic heterocycles. The zero-order chi connectivity index (χ0) is 15.9. The average Bonchev–Trinajstić information content (AvgIpc) is 2.37. The van der Waals surface area contributed by atoms with Crippen LogP contribution < -0.4 is 10.1 Å². The topological polar surface area (TPSA) is 75.6 Å². The molecule has 0 aliphatic rings. The molecule has 1 amide bonds. The van der Waals surface area contributed by atoms with Crippen LogP contribution in [-0.4, -0.2) is 29.1 Å². The van der Waals surface area contributed by atoms with Crippen molar-refractivity contribution in [2.24, 2.45) is 0 Å². The van der Waals surface area contributed by atoms with E-state index in [0.717, 1.165) is 18.6 Å². The van der Waals surface area contributed by atoms with Crippen LogP contribution in [0.2, 0.25) is 0 Å². The number of aliphatic carboxylic acids is 1. The Morgan fingerprint density at radius 3 is 2.38 bits per heavy atom. The maximum atomic E-state index is 12.1. The Hall–Kier alpha value is -2.04.